The maximum atomic E-state index is 12.0. The van der Waals surface area contributed by atoms with Gasteiger partial charge in [0.05, 0.1) is 17.9 Å². The number of hydrogen-bond donors (Lipinski definition) is 0. The summed E-state index contributed by atoms with van der Waals surface area (Å²) in [5, 5.41) is 0. The number of ketones is 1. The van der Waals surface area contributed by atoms with Gasteiger partial charge in [-0.15, -0.1) is 0 Å². The summed E-state index contributed by atoms with van der Waals surface area (Å²) >= 11 is 0. The molecule has 0 aliphatic heterocycles. The van der Waals surface area contributed by atoms with Gasteiger partial charge < -0.3 is 9.30 Å². The van der Waals surface area contributed by atoms with Crippen molar-refractivity contribution in [1.29, 1.82) is 0 Å². The lowest BCUT2D eigenvalue weighted by atomic mass is 9.89. The molecule has 1 fully saturated rings. The number of carbonyl (C=O) groups excluding carboxylic acids is 2. The number of hydrogen-bond acceptors (Lipinski definition) is 3. The minimum absolute atomic E-state index is 0.00413. The zero-order valence-corrected chi connectivity index (χ0v) is 13.3. The summed E-state index contributed by atoms with van der Waals surface area (Å²) in [5.41, 5.74) is 2.00. The Morgan fingerprint density at radius 2 is 1.95 bits per heavy atom. The molecule has 1 aliphatic rings. The minimum Gasteiger partial charge on any atom is -0.462 e. The van der Waals surface area contributed by atoms with Crippen molar-refractivity contribution in [3.8, 4) is 0 Å². The SMILES string of the molecule is CCOC(=O)c1cc(C(C)=O)n(CC2CCCCC2)c1C. The normalized spacial score (nSPS) is 16.0. The van der Waals surface area contributed by atoms with E-state index in [2.05, 4.69) is 0 Å². The number of rotatable bonds is 5. The molecule has 0 bridgehead atoms. The van der Waals surface area contributed by atoms with Crippen LogP contribution >= 0.6 is 0 Å². The van der Waals surface area contributed by atoms with Crippen LogP contribution in [-0.4, -0.2) is 22.9 Å². The van der Waals surface area contributed by atoms with E-state index in [0.29, 0.717) is 23.8 Å². The Morgan fingerprint density at radius 1 is 1.29 bits per heavy atom. The summed E-state index contributed by atoms with van der Waals surface area (Å²) in [6.07, 6.45) is 6.28. The summed E-state index contributed by atoms with van der Waals surface area (Å²) in [4.78, 5) is 23.9. The van der Waals surface area contributed by atoms with Crippen LogP contribution in [-0.2, 0) is 11.3 Å². The molecule has 0 atom stereocenters. The van der Waals surface area contributed by atoms with E-state index in [1.165, 1.54) is 32.1 Å². The van der Waals surface area contributed by atoms with Crippen LogP contribution in [0.5, 0.6) is 0 Å². The highest BCUT2D eigenvalue weighted by atomic mass is 16.5. The van der Waals surface area contributed by atoms with Crippen LogP contribution in [0.1, 0.15) is 72.5 Å². The van der Waals surface area contributed by atoms with E-state index in [9.17, 15) is 9.59 Å². The van der Waals surface area contributed by atoms with Gasteiger partial charge in [-0.1, -0.05) is 19.3 Å². The summed E-state index contributed by atoms with van der Waals surface area (Å²) in [7, 11) is 0. The second-order valence-electron chi connectivity index (χ2n) is 5.92. The van der Waals surface area contributed by atoms with Gasteiger partial charge in [-0.2, -0.15) is 0 Å². The Morgan fingerprint density at radius 3 is 2.52 bits per heavy atom. The molecule has 116 valence electrons. The van der Waals surface area contributed by atoms with Gasteiger partial charge in [-0.3, -0.25) is 4.79 Å². The standard InChI is InChI=1S/C17H25NO3/c1-4-21-17(20)15-10-16(13(3)19)18(12(15)2)11-14-8-6-5-7-9-14/h10,14H,4-9,11H2,1-3H3. The number of esters is 1. The fourth-order valence-corrected chi connectivity index (χ4v) is 3.22. The third-order valence-corrected chi connectivity index (χ3v) is 4.39. The quantitative estimate of drug-likeness (QED) is 0.613. The smallest absolute Gasteiger partial charge is 0.339 e. The summed E-state index contributed by atoms with van der Waals surface area (Å²) in [6.45, 7) is 6.43. The lowest BCUT2D eigenvalue weighted by Crippen LogP contribution is -2.18. The Hall–Kier alpha value is -1.58. The zero-order valence-electron chi connectivity index (χ0n) is 13.3. The molecule has 0 unspecified atom stereocenters. The molecule has 2 rings (SSSR count). The average Bonchev–Trinajstić information content (AvgIpc) is 2.78. The second kappa shape index (κ2) is 6.92. The Kier molecular flexibility index (Phi) is 5.21. The molecular formula is C17H25NO3. The van der Waals surface area contributed by atoms with Gasteiger partial charge in [0, 0.05) is 19.2 Å². The van der Waals surface area contributed by atoms with Crippen LogP contribution in [0.2, 0.25) is 0 Å². The number of ether oxygens (including phenoxy) is 1. The van der Waals surface area contributed by atoms with Crippen LogP contribution in [0, 0.1) is 12.8 Å². The monoisotopic (exact) mass is 291 g/mol. The summed E-state index contributed by atoms with van der Waals surface area (Å²) in [5.74, 6) is 0.280. The Labute approximate surface area is 126 Å². The molecule has 0 aromatic carbocycles. The first-order chi connectivity index (χ1) is 10.0. The van der Waals surface area contributed by atoms with Crippen LogP contribution in [0.4, 0.5) is 0 Å². The number of aromatic nitrogens is 1. The molecule has 1 aliphatic carbocycles. The van der Waals surface area contributed by atoms with E-state index in [1.807, 2.05) is 11.5 Å². The van der Waals surface area contributed by atoms with Crippen LogP contribution in [0.25, 0.3) is 0 Å². The Balaban J connectivity index is 2.29. The molecule has 0 spiro atoms. The number of carbonyl (C=O) groups is 2. The largest absolute Gasteiger partial charge is 0.462 e. The maximum Gasteiger partial charge on any atom is 0.339 e. The lowest BCUT2D eigenvalue weighted by molar-refractivity contribution is 0.0525. The molecular weight excluding hydrogens is 266 g/mol. The fraction of sp³-hybridized carbons (Fsp3) is 0.647. The molecule has 0 amide bonds. The highest BCUT2D eigenvalue weighted by Crippen LogP contribution is 2.27. The van der Waals surface area contributed by atoms with Crippen molar-refractivity contribution >= 4 is 11.8 Å². The van der Waals surface area contributed by atoms with E-state index >= 15 is 0 Å². The van der Waals surface area contributed by atoms with Gasteiger partial charge >= 0.3 is 5.97 Å². The van der Waals surface area contributed by atoms with Crippen LogP contribution < -0.4 is 0 Å². The van der Waals surface area contributed by atoms with Crippen LogP contribution in [0.3, 0.4) is 0 Å². The predicted octanol–water partition coefficient (Wildman–Crippen LogP) is 3.76. The highest BCUT2D eigenvalue weighted by molar-refractivity contribution is 5.98. The van der Waals surface area contributed by atoms with Gasteiger partial charge in [0.2, 0.25) is 0 Å². The first kappa shape index (κ1) is 15.8. The summed E-state index contributed by atoms with van der Waals surface area (Å²) < 4.78 is 7.10. The topological polar surface area (TPSA) is 48.3 Å². The lowest BCUT2D eigenvalue weighted by Gasteiger charge is -2.23. The van der Waals surface area contributed by atoms with Gasteiger partial charge in [0.25, 0.3) is 0 Å². The second-order valence-corrected chi connectivity index (χ2v) is 5.92. The molecule has 1 heterocycles. The molecule has 21 heavy (non-hydrogen) atoms. The van der Waals surface area contributed by atoms with Crippen molar-refractivity contribution in [3.05, 3.63) is 23.0 Å². The van der Waals surface area contributed by atoms with E-state index in [0.717, 1.165) is 12.2 Å². The van der Waals surface area contributed by atoms with Gasteiger partial charge in [-0.05, 0) is 38.7 Å². The van der Waals surface area contributed by atoms with Crippen molar-refractivity contribution in [2.45, 2.75) is 59.4 Å². The molecule has 1 aromatic heterocycles. The number of nitrogens with zero attached hydrogens (tertiary/aromatic N) is 1. The minimum atomic E-state index is -0.333. The first-order valence-corrected chi connectivity index (χ1v) is 7.92. The molecule has 0 N–H and O–H groups in total. The Bertz CT molecular complexity index is 524. The molecule has 4 nitrogen and oxygen atoms in total. The van der Waals surface area contributed by atoms with Crippen molar-refractivity contribution in [2.24, 2.45) is 5.92 Å². The van der Waals surface area contributed by atoms with Crippen molar-refractivity contribution < 1.29 is 14.3 Å². The third-order valence-electron chi connectivity index (χ3n) is 4.39. The predicted molar refractivity (Wildman–Crippen MR) is 81.7 cm³/mol. The van der Waals surface area contributed by atoms with Crippen molar-refractivity contribution in [1.82, 2.24) is 4.57 Å². The first-order valence-electron chi connectivity index (χ1n) is 7.92. The van der Waals surface area contributed by atoms with Crippen LogP contribution in [0.15, 0.2) is 6.07 Å². The van der Waals surface area contributed by atoms with E-state index < -0.39 is 0 Å². The fourth-order valence-electron chi connectivity index (χ4n) is 3.22. The molecule has 0 radical (unpaired) electrons. The van der Waals surface area contributed by atoms with E-state index in [-0.39, 0.29) is 11.8 Å². The molecule has 1 saturated carbocycles. The van der Waals surface area contributed by atoms with Gasteiger partial charge in [0.1, 0.15) is 0 Å². The van der Waals surface area contributed by atoms with E-state index in [4.69, 9.17) is 4.74 Å². The van der Waals surface area contributed by atoms with E-state index in [1.54, 1.807) is 19.9 Å². The van der Waals surface area contributed by atoms with Crippen molar-refractivity contribution in [2.75, 3.05) is 6.61 Å². The highest BCUT2D eigenvalue weighted by Gasteiger charge is 2.23. The third kappa shape index (κ3) is 3.55. The van der Waals surface area contributed by atoms with Crippen molar-refractivity contribution in [3.63, 3.8) is 0 Å². The molecule has 4 heteroatoms. The van der Waals surface area contributed by atoms with Gasteiger partial charge in [0.15, 0.2) is 5.78 Å². The average molecular weight is 291 g/mol. The molecule has 1 aromatic rings. The maximum absolute atomic E-state index is 12.0. The molecule has 0 saturated heterocycles. The zero-order chi connectivity index (χ0) is 15.4. The van der Waals surface area contributed by atoms with Gasteiger partial charge in [-0.25, -0.2) is 4.79 Å². The number of Topliss-reactive ketones (excluding diaryl/α,β-unsaturated/α-hetero) is 1. The summed E-state index contributed by atoms with van der Waals surface area (Å²) in [6, 6.07) is 1.69.